The third-order valence-corrected chi connectivity index (χ3v) is 11.8. The Hall–Kier alpha value is -7.26. The van der Waals surface area contributed by atoms with Gasteiger partial charge in [-0.05, 0) is 94.2 Å². The van der Waals surface area contributed by atoms with Crippen LogP contribution in [0.4, 0.5) is 0 Å². The molecule has 9 heteroatoms. The lowest BCUT2D eigenvalue weighted by Gasteiger charge is -2.33. The van der Waals surface area contributed by atoms with Crippen molar-refractivity contribution in [3.8, 4) is 45.9 Å². The fraction of sp³-hybridized carbons (Fsp3) is 0.120. The van der Waals surface area contributed by atoms with Crippen LogP contribution in [-0.4, -0.2) is 42.3 Å². The Kier molecular flexibility index (Phi) is 7.86. The van der Waals surface area contributed by atoms with Crippen LogP contribution >= 0.6 is 0 Å². The van der Waals surface area contributed by atoms with Gasteiger partial charge in [-0.25, -0.2) is 0 Å². The third-order valence-electron chi connectivity index (χ3n) is 11.8. The number of hydrogen-bond donors (Lipinski definition) is 0. The van der Waals surface area contributed by atoms with E-state index in [1.54, 1.807) is 12.5 Å². The zero-order valence-corrected chi connectivity index (χ0v) is 32.1. The number of hydrogen-bond acceptors (Lipinski definition) is 6. The molecular weight excluding hydrogens is 735 g/mol. The van der Waals surface area contributed by atoms with Gasteiger partial charge in [-0.15, -0.1) is 0 Å². The molecule has 2 aliphatic heterocycles. The highest BCUT2D eigenvalue weighted by molar-refractivity contribution is 7.00. The van der Waals surface area contributed by atoms with Crippen LogP contribution in [0.3, 0.4) is 0 Å². The van der Waals surface area contributed by atoms with Gasteiger partial charge in [0.2, 0.25) is 0 Å². The van der Waals surface area contributed by atoms with Gasteiger partial charge in [0, 0.05) is 68.9 Å². The zero-order chi connectivity index (χ0) is 38.9. The van der Waals surface area contributed by atoms with Crippen LogP contribution < -0.4 is 35.3 Å². The van der Waals surface area contributed by atoms with Gasteiger partial charge in [-0.2, -0.15) is 0 Å². The summed E-state index contributed by atoms with van der Waals surface area (Å²) in [7, 11) is 0. The molecule has 0 bridgehead atoms. The summed E-state index contributed by atoms with van der Waals surface area (Å²) >= 11 is 0. The van der Waals surface area contributed by atoms with Gasteiger partial charge < -0.3 is 36.9 Å². The summed E-state index contributed by atoms with van der Waals surface area (Å²) in [6.45, 7) is 2.19. The molecule has 59 heavy (non-hydrogen) atoms. The number of aromatic nitrogens is 2. The molecule has 6 aromatic carbocycles. The Morgan fingerprint density at radius 3 is 1.80 bits per heavy atom. The number of fused-ring (bicyclic) bond motifs is 10. The van der Waals surface area contributed by atoms with Crippen LogP contribution in [0.25, 0.3) is 66.1 Å². The SMILES string of the molecule is c1coc(OCCCOc2ccc(-c3cc4c5c(c3)c3ccccc3n5-c3cccc5c3B4c3cccc4c6cc(OCCCOc7ccco7)ccc6n-5c34)cc2)c1. The highest BCUT2D eigenvalue weighted by Gasteiger charge is 2.40. The van der Waals surface area contributed by atoms with Crippen molar-refractivity contribution in [2.24, 2.45) is 0 Å². The van der Waals surface area contributed by atoms with Gasteiger partial charge in [0.15, 0.2) is 0 Å². The zero-order valence-electron chi connectivity index (χ0n) is 32.1. The Labute approximate surface area is 339 Å². The molecule has 0 aliphatic carbocycles. The molecule has 0 atom stereocenters. The lowest BCUT2D eigenvalue weighted by Crippen LogP contribution is -2.59. The van der Waals surface area contributed by atoms with Gasteiger partial charge in [-0.3, -0.25) is 0 Å². The number of benzene rings is 6. The molecule has 0 amide bonds. The van der Waals surface area contributed by atoms with E-state index in [0.717, 1.165) is 29.9 Å². The first-order valence-electron chi connectivity index (χ1n) is 20.2. The number of ether oxygens (including phenoxy) is 4. The summed E-state index contributed by atoms with van der Waals surface area (Å²) in [5.74, 6) is 2.74. The quantitative estimate of drug-likeness (QED) is 0.0859. The molecule has 6 heterocycles. The maximum absolute atomic E-state index is 6.29. The van der Waals surface area contributed by atoms with Gasteiger partial charge >= 0.3 is 0 Å². The molecule has 286 valence electrons. The maximum Gasteiger partial charge on any atom is 0.284 e. The average molecular weight is 773 g/mol. The van der Waals surface area contributed by atoms with E-state index >= 15 is 0 Å². The van der Waals surface area contributed by atoms with Crippen molar-refractivity contribution >= 4 is 66.7 Å². The van der Waals surface area contributed by atoms with Crippen LogP contribution in [0.1, 0.15) is 12.8 Å². The summed E-state index contributed by atoms with van der Waals surface area (Å²) in [6.07, 6.45) is 4.72. The number of para-hydroxylation sites is 2. The Balaban J connectivity index is 0.932. The normalized spacial score (nSPS) is 12.4. The second-order valence-corrected chi connectivity index (χ2v) is 15.2. The average Bonchev–Trinajstić information content (AvgIpc) is 4.11. The molecule has 0 unspecified atom stereocenters. The molecule has 12 rings (SSSR count). The minimum atomic E-state index is 0.0388. The summed E-state index contributed by atoms with van der Waals surface area (Å²) in [4.78, 5) is 0. The van der Waals surface area contributed by atoms with Crippen molar-refractivity contribution in [2.75, 3.05) is 26.4 Å². The minimum Gasteiger partial charge on any atom is -0.493 e. The van der Waals surface area contributed by atoms with Crippen molar-refractivity contribution in [2.45, 2.75) is 12.8 Å². The summed E-state index contributed by atoms with van der Waals surface area (Å²) < 4.78 is 39.2. The van der Waals surface area contributed by atoms with Gasteiger partial charge in [0.05, 0.1) is 50.0 Å². The van der Waals surface area contributed by atoms with Crippen molar-refractivity contribution < 1.29 is 27.8 Å². The Morgan fingerprint density at radius 2 is 1.07 bits per heavy atom. The van der Waals surface area contributed by atoms with Gasteiger partial charge in [0.25, 0.3) is 18.6 Å². The van der Waals surface area contributed by atoms with Crippen molar-refractivity contribution in [1.82, 2.24) is 9.13 Å². The van der Waals surface area contributed by atoms with Crippen LogP contribution in [0.5, 0.6) is 23.4 Å². The monoisotopic (exact) mass is 772 g/mol. The molecule has 0 saturated heterocycles. The molecule has 10 aromatic rings. The molecule has 4 aromatic heterocycles. The fourth-order valence-corrected chi connectivity index (χ4v) is 9.40. The smallest absolute Gasteiger partial charge is 0.284 e. The molecule has 0 saturated carbocycles. The fourth-order valence-electron chi connectivity index (χ4n) is 9.40. The predicted molar refractivity (Wildman–Crippen MR) is 234 cm³/mol. The largest absolute Gasteiger partial charge is 0.493 e. The van der Waals surface area contributed by atoms with Crippen LogP contribution in [-0.2, 0) is 0 Å². The van der Waals surface area contributed by atoms with E-state index in [1.165, 1.54) is 76.9 Å². The Morgan fingerprint density at radius 1 is 0.441 bits per heavy atom. The van der Waals surface area contributed by atoms with E-state index < -0.39 is 0 Å². The lowest BCUT2D eigenvalue weighted by molar-refractivity contribution is 0.210. The number of rotatable bonds is 13. The number of nitrogens with zero attached hydrogens (tertiary/aromatic N) is 2. The van der Waals surface area contributed by atoms with Crippen molar-refractivity contribution in [3.63, 3.8) is 0 Å². The van der Waals surface area contributed by atoms with Crippen LogP contribution in [0.2, 0.25) is 0 Å². The van der Waals surface area contributed by atoms with Gasteiger partial charge in [0.1, 0.15) is 11.5 Å². The van der Waals surface area contributed by atoms with E-state index in [1.807, 2.05) is 24.3 Å². The third kappa shape index (κ3) is 5.45. The van der Waals surface area contributed by atoms with Crippen molar-refractivity contribution in [1.29, 1.82) is 0 Å². The summed E-state index contributed by atoms with van der Waals surface area (Å²) in [5, 5.41) is 4.91. The van der Waals surface area contributed by atoms with Gasteiger partial charge in [-0.1, -0.05) is 60.7 Å². The van der Waals surface area contributed by atoms with E-state index in [2.05, 4.69) is 124 Å². The highest BCUT2D eigenvalue weighted by atomic mass is 16.6. The molecule has 8 nitrogen and oxygen atoms in total. The first-order valence-corrected chi connectivity index (χ1v) is 20.2. The summed E-state index contributed by atoms with van der Waals surface area (Å²) in [5.41, 5.74) is 13.6. The first kappa shape index (κ1) is 33.8. The van der Waals surface area contributed by atoms with Crippen LogP contribution in [0.15, 0.2) is 161 Å². The number of furan rings is 2. The molecule has 0 radical (unpaired) electrons. The van der Waals surface area contributed by atoms with E-state index in [9.17, 15) is 0 Å². The summed E-state index contributed by atoms with van der Waals surface area (Å²) in [6, 6.07) is 49.5. The molecule has 0 fully saturated rings. The second kappa shape index (κ2) is 13.7. The highest BCUT2D eigenvalue weighted by Crippen LogP contribution is 2.41. The predicted octanol–water partition coefficient (Wildman–Crippen LogP) is 9.57. The van der Waals surface area contributed by atoms with E-state index in [4.69, 9.17) is 27.8 Å². The molecule has 2 aliphatic rings. The molecular formula is C50H37BN2O6. The minimum absolute atomic E-state index is 0.0388. The van der Waals surface area contributed by atoms with E-state index in [0.29, 0.717) is 38.3 Å². The first-order chi connectivity index (χ1) is 29.3. The Bertz CT molecular complexity index is 3180. The standard InChI is InChI=1S/C50H37BN2O6/c1-2-12-42-36(9-1)39-29-33(32-17-19-34(20-18-32)54-25-7-27-58-46-15-5-23-56-46)30-41-50(39)52(42)44-13-4-14-45-48(44)51(41)40-11-3-10-37-38-31-35(21-22-43(38)53(45)49(37)40)55-26-8-28-59-47-16-6-24-57-47/h1-6,9-24,29-31H,7-8,25-28H2. The maximum atomic E-state index is 6.29. The van der Waals surface area contributed by atoms with E-state index in [-0.39, 0.29) is 6.71 Å². The molecule has 0 spiro atoms. The van der Waals surface area contributed by atoms with Crippen LogP contribution in [0, 0.1) is 0 Å². The van der Waals surface area contributed by atoms with Crippen molar-refractivity contribution in [3.05, 3.63) is 152 Å². The lowest BCUT2D eigenvalue weighted by atomic mass is 9.34. The topological polar surface area (TPSA) is 73.1 Å². The second-order valence-electron chi connectivity index (χ2n) is 15.2. The molecule has 0 N–H and O–H groups in total.